The van der Waals surface area contributed by atoms with Crippen molar-refractivity contribution in [2.75, 3.05) is 0 Å². The molecule has 7 nitrogen and oxygen atoms in total. The van der Waals surface area contributed by atoms with Gasteiger partial charge in [-0.25, -0.2) is 9.37 Å². The lowest BCUT2D eigenvalue weighted by molar-refractivity contribution is -0.132. The third-order valence-corrected chi connectivity index (χ3v) is 5.66. The van der Waals surface area contributed by atoms with Crippen LogP contribution in [0, 0.1) is 5.82 Å². The van der Waals surface area contributed by atoms with Gasteiger partial charge in [-0.15, -0.1) is 10.2 Å². The van der Waals surface area contributed by atoms with Crippen molar-refractivity contribution in [3.63, 3.8) is 0 Å². The highest BCUT2D eigenvalue weighted by Crippen LogP contribution is 2.30. The van der Waals surface area contributed by atoms with Crippen molar-refractivity contribution in [1.82, 2.24) is 20.1 Å². The molecule has 4 aromatic rings. The number of aryl methyl sites for hydroxylation is 1. The molecule has 1 saturated carbocycles. The maximum Gasteiger partial charge on any atom is 0.247 e. The van der Waals surface area contributed by atoms with E-state index in [0.29, 0.717) is 34.9 Å². The Morgan fingerprint density at radius 2 is 1.73 bits per heavy atom. The van der Waals surface area contributed by atoms with E-state index in [9.17, 15) is 9.18 Å². The quantitative estimate of drug-likeness (QED) is 0.350. The minimum Gasteiger partial charge on any atom is -0.441 e. The summed E-state index contributed by atoms with van der Waals surface area (Å²) in [6.07, 6.45) is 4.11. The molecule has 1 aliphatic rings. The molecule has 1 fully saturated rings. The largest absolute Gasteiger partial charge is 0.441 e. The van der Waals surface area contributed by atoms with E-state index in [1.165, 1.54) is 12.1 Å². The van der Waals surface area contributed by atoms with Crippen LogP contribution < -0.4 is 0 Å². The molecule has 0 unspecified atom stereocenters. The summed E-state index contributed by atoms with van der Waals surface area (Å²) in [5.74, 6) is 1.43. The Hall–Kier alpha value is -3.52. The fourth-order valence-corrected chi connectivity index (χ4v) is 3.64. The van der Waals surface area contributed by atoms with Crippen molar-refractivity contribution in [3.8, 4) is 22.8 Å². The molecule has 2 heterocycles. The molecular weight excluding hydrogens is 447 g/mol. The summed E-state index contributed by atoms with van der Waals surface area (Å²) in [7, 11) is 0. The van der Waals surface area contributed by atoms with Gasteiger partial charge in [-0.1, -0.05) is 11.6 Å². The van der Waals surface area contributed by atoms with Crippen molar-refractivity contribution >= 4 is 17.5 Å². The summed E-state index contributed by atoms with van der Waals surface area (Å²) < 4.78 is 24.6. The predicted octanol–water partition coefficient (Wildman–Crippen LogP) is 5.31. The minimum absolute atomic E-state index is 0.0229. The second-order valence-electron chi connectivity index (χ2n) is 7.89. The van der Waals surface area contributed by atoms with E-state index in [-0.39, 0.29) is 30.7 Å². The maximum absolute atomic E-state index is 13.1. The van der Waals surface area contributed by atoms with E-state index in [0.717, 1.165) is 24.0 Å². The molecule has 5 rings (SSSR count). The van der Waals surface area contributed by atoms with E-state index in [1.54, 1.807) is 47.5 Å². The molecule has 1 aliphatic carbocycles. The Kier molecular flexibility index (Phi) is 5.92. The molecule has 1 amide bonds. The number of nitrogens with zero attached hydrogens (tertiary/aromatic N) is 4. The lowest BCUT2D eigenvalue weighted by atomic mass is 10.2. The second-order valence-corrected chi connectivity index (χ2v) is 8.32. The lowest BCUT2D eigenvalue weighted by Crippen LogP contribution is -2.32. The number of benzene rings is 2. The first-order valence-electron chi connectivity index (χ1n) is 10.6. The zero-order valence-electron chi connectivity index (χ0n) is 17.6. The van der Waals surface area contributed by atoms with Gasteiger partial charge in [-0.05, 0) is 61.4 Å². The fourth-order valence-electron chi connectivity index (χ4n) is 3.51. The van der Waals surface area contributed by atoms with Gasteiger partial charge in [0.2, 0.25) is 17.7 Å². The normalized spacial score (nSPS) is 13.3. The van der Waals surface area contributed by atoms with E-state index < -0.39 is 0 Å². The van der Waals surface area contributed by atoms with Crippen LogP contribution in [0.3, 0.4) is 0 Å². The van der Waals surface area contributed by atoms with Crippen molar-refractivity contribution in [2.45, 2.75) is 38.3 Å². The molecule has 33 heavy (non-hydrogen) atoms. The summed E-state index contributed by atoms with van der Waals surface area (Å²) >= 11 is 5.93. The molecule has 168 valence electrons. The number of oxazole rings is 1. The molecule has 0 radical (unpaired) electrons. The highest BCUT2D eigenvalue weighted by atomic mass is 35.5. The van der Waals surface area contributed by atoms with Crippen molar-refractivity contribution in [3.05, 3.63) is 77.3 Å². The van der Waals surface area contributed by atoms with Gasteiger partial charge in [0.05, 0.1) is 12.7 Å². The van der Waals surface area contributed by atoms with Gasteiger partial charge in [0, 0.05) is 35.0 Å². The van der Waals surface area contributed by atoms with Crippen LogP contribution >= 0.6 is 11.6 Å². The standard InChI is InChI=1S/C24H20ClFN4O3/c25-17-5-1-16(2-6-17)24-29-28-22(33-24)14-30(19-9-10-19)23(31)12-11-21-27-13-20(32-21)15-3-7-18(26)8-4-15/h1-8,13,19H,9-12,14H2. The van der Waals surface area contributed by atoms with Crippen LogP contribution in [-0.2, 0) is 17.8 Å². The molecule has 2 aromatic heterocycles. The van der Waals surface area contributed by atoms with Gasteiger partial charge >= 0.3 is 0 Å². The number of carbonyl (C=O) groups is 1. The van der Waals surface area contributed by atoms with Crippen molar-refractivity contribution < 1.29 is 18.0 Å². The van der Waals surface area contributed by atoms with E-state index in [2.05, 4.69) is 15.2 Å². The first-order valence-corrected chi connectivity index (χ1v) is 11.0. The number of hydrogen-bond donors (Lipinski definition) is 0. The third-order valence-electron chi connectivity index (χ3n) is 5.41. The van der Waals surface area contributed by atoms with Crippen LogP contribution in [0.2, 0.25) is 5.02 Å². The Balaban J connectivity index is 1.21. The first kappa shape index (κ1) is 21.3. The number of halogens is 2. The summed E-state index contributed by atoms with van der Waals surface area (Å²) in [5.41, 5.74) is 1.50. The van der Waals surface area contributed by atoms with E-state index >= 15 is 0 Å². The Morgan fingerprint density at radius 1 is 1.00 bits per heavy atom. The zero-order valence-corrected chi connectivity index (χ0v) is 18.3. The Bertz CT molecular complexity index is 1250. The fraction of sp³-hybridized carbons (Fsp3) is 0.250. The van der Waals surface area contributed by atoms with Crippen LogP contribution in [0.5, 0.6) is 0 Å². The molecular formula is C24H20ClFN4O3. The van der Waals surface area contributed by atoms with Crippen LogP contribution in [-0.4, -0.2) is 32.0 Å². The Labute approximate surface area is 194 Å². The molecule has 0 spiro atoms. The highest BCUT2D eigenvalue weighted by molar-refractivity contribution is 6.30. The monoisotopic (exact) mass is 466 g/mol. The molecule has 0 atom stereocenters. The van der Waals surface area contributed by atoms with E-state index in [4.69, 9.17) is 20.4 Å². The van der Waals surface area contributed by atoms with Crippen LogP contribution in [0.4, 0.5) is 4.39 Å². The number of hydrogen-bond acceptors (Lipinski definition) is 6. The molecule has 0 aliphatic heterocycles. The molecule has 0 saturated heterocycles. The second kappa shape index (κ2) is 9.15. The SMILES string of the molecule is O=C(CCc1ncc(-c2ccc(F)cc2)o1)N(Cc1nnc(-c2ccc(Cl)cc2)o1)C1CC1. The number of rotatable bonds is 8. The van der Waals surface area contributed by atoms with Gasteiger partial charge in [0.1, 0.15) is 5.82 Å². The number of amides is 1. The average Bonchev–Trinajstić information content (AvgIpc) is 3.36. The smallest absolute Gasteiger partial charge is 0.247 e. The zero-order chi connectivity index (χ0) is 22.8. The number of aromatic nitrogens is 3. The Morgan fingerprint density at radius 3 is 2.45 bits per heavy atom. The molecule has 9 heteroatoms. The van der Waals surface area contributed by atoms with E-state index in [1.807, 2.05) is 0 Å². The number of carbonyl (C=O) groups excluding carboxylic acids is 1. The van der Waals surface area contributed by atoms with Crippen molar-refractivity contribution in [1.29, 1.82) is 0 Å². The minimum atomic E-state index is -0.314. The lowest BCUT2D eigenvalue weighted by Gasteiger charge is -2.20. The summed E-state index contributed by atoms with van der Waals surface area (Å²) in [5, 5.41) is 8.83. The maximum atomic E-state index is 13.1. The summed E-state index contributed by atoms with van der Waals surface area (Å²) in [6.45, 7) is 0.260. The topological polar surface area (TPSA) is 85.3 Å². The van der Waals surface area contributed by atoms with Gasteiger partial charge in [-0.3, -0.25) is 4.79 Å². The van der Waals surface area contributed by atoms with Gasteiger partial charge in [-0.2, -0.15) is 0 Å². The molecule has 2 aromatic carbocycles. The van der Waals surface area contributed by atoms with Gasteiger partial charge < -0.3 is 13.7 Å². The summed E-state index contributed by atoms with van der Waals surface area (Å²) in [4.78, 5) is 19.0. The van der Waals surface area contributed by atoms with Crippen LogP contribution in [0.15, 0.2) is 63.6 Å². The highest BCUT2D eigenvalue weighted by Gasteiger charge is 2.33. The molecule has 0 N–H and O–H groups in total. The van der Waals surface area contributed by atoms with Gasteiger partial charge in [0.15, 0.2) is 11.7 Å². The van der Waals surface area contributed by atoms with Crippen LogP contribution in [0.25, 0.3) is 22.8 Å². The average molecular weight is 467 g/mol. The first-order chi connectivity index (χ1) is 16.0. The third kappa shape index (κ3) is 5.12. The van der Waals surface area contributed by atoms with Gasteiger partial charge in [0.25, 0.3) is 0 Å². The molecule has 0 bridgehead atoms. The van der Waals surface area contributed by atoms with Crippen LogP contribution in [0.1, 0.15) is 31.0 Å². The predicted molar refractivity (Wildman–Crippen MR) is 119 cm³/mol. The summed E-state index contributed by atoms with van der Waals surface area (Å²) in [6, 6.07) is 13.3. The van der Waals surface area contributed by atoms with Crippen molar-refractivity contribution in [2.24, 2.45) is 0 Å².